The topological polar surface area (TPSA) is 15.8 Å². The van der Waals surface area contributed by atoms with Gasteiger partial charge in [-0.3, -0.25) is 11.1 Å². The molecule has 0 fully saturated rings. The first-order chi connectivity index (χ1) is 6.89. The fourth-order valence-electron chi connectivity index (χ4n) is 2.00. The summed E-state index contributed by atoms with van der Waals surface area (Å²) in [7, 11) is 0. The van der Waals surface area contributed by atoms with Crippen molar-refractivity contribution in [3.63, 3.8) is 0 Å². The van der Waals surface area contributed by atoms with Crippen molar-refractivity contribution in [3.8, 4) is 0 Å². The smallest absolute Gasteiger partial charge is 0 e. The minimum Gasteiger partial charge on any atom is -0.467 e. The van der Waals surface area contributed by atoms with E-state index in [1.54, 1.807) is 0 Å². The number of fused-ring (bicyclic) bond motifs is 1. The van der Waals surface area contributed by atoms with Crippen molar-refractivity contribution < 1.29 is 53.8 Å². The summed E-state index contributed by atoms with van der Waals surface area (Å²) in [6.07, 6.45) is 2.10. The van der Waals surface area contributed by atoms with Crippen molar-refractivity contribution >= 4 is 10.9 Å². The largest absolute Gasteiger partial charge is 0.467 e. The summed E-state index contributed by atoms with van der Waals surface area (Å²) >= 11 is 0. The van der Waals surface area contributed by atoms with E-state index in [9.17, 15) is 0 Å². The van der Waals surface area contributed by atoms with Crippen LogP contribution >= 0.6 is 0 Å². The van der Waals surface area contributed by atoms with Gasteiger partial charge in [-0.15, -0.1) is 0 Å². The maximum atomic E-state index is 3.40. The van der Waals surface area contributed by atoms with Crippen molar-refractivity contribution in [1.82, 2.24) is 4.98 Å². The molecule has 1 nitrogen and oxygen atoms in total. The summed E-state index contributed by atoms with van der Waals surface area (Å²) in [5, 5.41) is 1.22. The standard InChI is InChI=1S/C14H17N.W.Y/c1-9-6-10(2)13-11(7-9)12(8-15-13)14(3,4)5;;/h8,15H,1-5H3;;/q-2;;. The molecular formula is C14H17NWY-2. The van der Waals surface area contributed by atoms with E-state index in [-0.39, 0.29) is 59.2 Å². The van der Waals surface area contributed by atoms with Gasteiger partial charge in [-0.2, -0.15) is 5.52 Å². The van der Waals surface area contributed by atoms with Crippen molar-refractivity contribution in [2.45, 2.75) is 40.0 Å². The molecule has 0 atom stereocenters. The Kier molecular flexibility index (Phi) is 6.33. The minimum absolute atomic E-state index is 0. The van der Waals surface area contributed by atoms with E-state index < -0.39 is 0 Å². The van der Waals surface area contributed by atoms with Gasteiger partial charge in [0.1, 0.15) is 0 Å². The van der Waals surface area contributed by atoms with Gasteiger partial charge in [0.15, 0.2) is 0 Å². The Balaban J connectivity index is 0.00000128. The second kappa shape index (κ2) is 6.13. The zero-order valence-electron chi connectivity index (χ0n) is 11.1. The van der Waals surface area contributed by atoms with E-state index in [0.29, 0.717) is 0 Å². The molecule has 17 heavy (non-hydrogen) atoms. The molecule has 0 bridgehead atoms. The molecule has 3 heteroatoms. The normalized spacial score (nSPS) is 10.9. The molecule has 0 saturated carbocycles. The van der Waals surface area contributed by atoms with Crippen LogP contribution in [0, 0.1) is 26.0 Å². The van der Waals surface area contributed by atoms with E-state index >= 15 is 0 Å². The molecule has 0 aliphatic carbocycles. The van der Waals surface area contributed by atoms with Crippen LogP contribution in [-0.4, -0.2) is 4.98 Å². The van der Waals surface area contributed by atoms with E-state index in [0.717, 1.165) is 5.56 Å². The van der Waals surface area contributed by atoms with Gasteiger partial charge in [0.05, 0.1) is 0 Å². The Labute approximate surface area is 143 Å². The van der Waals surface area contributed by atoms with Crippen molar-refractivity contribution in [1.29, 1.82) is 0 Å². The molecule has 0 aliphatic rings. The number of rotatable bonds is 0. The summed E-state index contributed by atoms with van der Waals surface area (Å²) in [6.45, 7) is 10.8. The molecule has 0 unspecified atom stereocenters. The van der Waals surface area contributed by atoms with Crippen molar-refractivity contribution in [2.24, 2.45) is 0 Å². The maximum Gasteiger partial charge on any atom is 0 e. The SMILES string of the molecule is Cc1[c-]c(C)c2[nH]cc(C(C)(C)C)c2[c-]1.[W].[Y]. The second-order valence-corrected chi connectivity index (χ2v) is 5.20. The molecule has 1 radical (unpaired) electrons. The number of aromatic nitrogens is 1. The average molecular weight is 472 g/mol. The number of nitrogens with one attached hydrogen (secondary N) is 1. The van der Waals surface area contributed by atoms with Crippen LogP contribution < -0.4 is 0 Å². The molecule has 2 rings (SSSR count). The first kappa shape index (κ1) is 17.6. The average Bonchev–Trinajstić information content (AvgIpc) is 2.45. The van der Waals surface area contributed by atoms with E-state index in [4.69, 9.17) is 0 Å². The number of hydrogen-bond acceptors (Lipinski definition) is 0. The zero-order valence-corrected chi connectivity index (χ0v) is 16.8. The fraction of sp³-hybridized carbons (Fsp3) is 0.429. The zero-order chi connectivity index (χ0) is 11.2. The third kappa shape index (κ3) is 3.52. The van der Waals surface area contributed by atoms with Gasteiger partial charge in [0, 0.05) is 53.8 Å². The van der Waals surface area contributed by atoms with E-state index in [2.05, 4.69) is 51.0 Å². The molecule has 0 aliphatic heterocycles. The van der Waals surface area contributed by atoms with E-state index in [1.165, 1.54) is 22.0 Å². The van der Waals surface area contributed by atoms with Gasteiger partial charge in [0.25, 0.3) is 0 Å². The van der Waals surface area contributed by atoms with Crippen LogP contribution in [0.4, 0.5) is 0 Å². The Bertz CT molecular complexity index is 509. The van der Waals surface area contributed by atoms with Gasteiger partial charge < -0.3 is 17.1 Å². The molecule has 2 aromatic rings. The van der Waals surface area contributed by atoms with Crippen LogP contribution in [0.3, 0.4) is 0 Å². The van der Waals surface area contributed by atoms with Crippen molar-refractivity contribution in [3.05, 3.63) is 35.0 Å². The van der Waals surface area contributed by atoms with Crippen LogP contribution in [0.15, 0.2) is 6.20 Å². The first-order valence-corrected chi connectivity index (χ1v) is 5.33. The molecular weight excluding hydrogens is 455 g/mol. The molecule has 89 valence electrons. The maximum absolute atomic E-state index is 3.40. The summed E-state index contributed by atoms with van der Waals surface area (Å²) in [4.78, 5) is 3.33. The Hall–Kier alpha value is 0.552. The molecule has 1 aromatic carbocycles. The summed E-state index contributed by atoms with van der Waals surface area (Å²) in [6, 6.07) is 6.69. The monoisotopic (exact) mass is 472 g/mol. The molecule has 0 amide bonds. The van der Waals surface area contributed by atoms with Gasteiger partial charge in [0.2, 0.25) is 0 Å². The predicted molar refractivity (Wildman–Crippen MR) is 64.1 cm³/mol. The van der Waals surface area contributed by atoms with Gasteiger partial charge >= 0.3 is 0 Å². The summed E-state index contributed by atoms with van der Waals surface area (Å²) in [5.41, 5.74) is 4.93. The van der Waals surface area contributed by atoms with Gasteiger partial charge in [-0.25, -0.2) is 5.39 Å². The van der Waals surface area contributed by atoms with Gasteiger partial charge in [-0.1, -0.05) is 40.2 Å². The van der Waals surface area contributed by atoms with Crippen LogP contribution in [0.2, 0.25) is 0 Å². The first-order valence-electron chi connectivity index (χ1n) is 5.33. The third-order valence-electron chi connectivity index (χ3n) is 2.75. The molecule has 1 aromatic heterocycles. The number of hydrogen-bond donors (Lipinski definition) is 1. The number of benzene rings is 1. The predicted octanol–water partition coefficient (Wildman–Crippen LogP) is 3.68. The fourth-order valence-corrected chi connectivity index (χ4v) is 2.00. The molecule has 0 spiro atoms. The van der Waals surface area contributed by atoms with Crippen LogP contribution in [0.1, 0.15) is 37.5 Å². The number of aromatic amines is 1. The number of H-pyrrole nitrogens is 1. The van der Waals surface area contributed by atoms with Crippen LogP contribution in [0.25, 0.3) is 10.9 Å². The second-order valence-electron chi connectivity index (χ2n) is 5.20. The summed E-state index contributed by atoms with van der Waals surface area (Å²) < 4.78 is 0. The van der Waals surface area contributed by atoms with Crippen LogP contribution in [0.5, 0.6) is 0 Å². The van der Waals surface area contributed by atoms with E-state index in [1.807, 2.05) is 6.92 Å². The number of aryl methyl sites for hydroxylation is 2. The molecule has 0 saturated heterocycles. The Morgan fingerprint density at radius 1 is 1.12 bits per heavy atom. The van der Waals surface area contributed by atoms with Crippen molar-refractivity contribution in [2.75, 3.05) is 0 Å². The minimum atomic E-state index is 0. The van der Waals surface area contributed by atoms with Gasteiger partial charge in [-0.05, 0) is 11.6 Å². The Morgan fingerprint density at radius 3 is 2.24 bits per heavy atom. The molecule has 1 heterocycles. The molecule has 1 N–H and O–H groups in total. The third-order valence-corrected chi connectivity index (χ3v) is 2.75. The summed E-state index contributed by atoms with van der Waals surface area (Å²) in [5.74, 6) is 0. The quantitative estimate of drug-likeness (QED) is 0.564. The van der Waals surface area contributed by atoms with Crippen LogP contribution in [-0.2, 0) is 59.2 Å². The Morgan fingerprint density at radius 2 is 1.71 bits per heavy atom.